The second-order valence-electron chi connectivity index (χ2n) is 3.93. The van der Waals surface area contributed by atoms with Gasteiger partial charge in [0.15, 0.2) is 0 Å². The summed E-state index contributed by atoms with van der Waals surface area (Å²) in [6.07, 6.45) is 4.88. The highest BCUT2D eigenvalue weighted by Crippen LogP contribution is 2.24. The van der Waals surface area contributed by atoms with Gasteiger partial charge in [-0.05, 0) is 32.1 Å². The minimum atomic E-state index is 0.239. The first kappa shape index (κ1) is 14.8. The van der Waals surface area contributed by atoms with Crippen molar-refractivity contribution in [1.82, 2.24) is 9.88 Å². The Bertz CT molecular complexity index is 380. The van der Waals surface area contributed by atoms with Crippen LogP contribution in [0.5, 0.6) is 0 Å². The average Bonchev–Trinajstić information content (AvgIpc) is 2.38. The molecule has 0 atom stereocenters. The van der Waals surface area contributed by atoms with Gasteiger partial charge in [-0.1, -0.05) is 0 Å². The third-order valence-corrected chi connectivity index (χ3v) is 3.89. The predicted octanol–water partition coefficient (Wildman–Crippen LogP) is 2.40. The molecule has 0 spiro atoms. The fraction of sp³-hybridized carbons (Fsp3) is 0.538. The molecule has 5 heteroatoms. The van der Waals surface area contributed by atoms with Crippen LogP contribution in [0.2, 0.25) is 0 Å². The van der Waals surface area contributed by atoms with Crippen LogP contribution in [0.3, 0.4) is 0 Å². The van der Waals surface area contributed by atoms with E-state index in [0.717, 1.165) is 30.2 Å². The topological polar surface area (TPSA) is 59.2 Å². The molecule has 0 aliphatic carbocycles. The Morgan fingerprint density at radius 2 is 2.17 bits per heavy atom. The second-order valence-corrected chi connectivity index (χ2v) is 5.07. The molecule has 4 nitrogen and oxygen atoms in total. The highest BCUT2D eigenvalue weighted by atomic mass is 32.2. The van der Waals surface area contributed by atoms with Crippen molar-refractivity contribution < 1.29 is 4.79 Å². The molecule has 0 aromatic carbocycles. The minimum absolute atomic E-state index is 0.239. The molecule has 1 heterocycles. The van der Waals surface area contributed by atoms with Crippen LogP contribution in [0.15, 0.2) is 23.4 Å². The summed E-state index contributed by atoms with van der Waals surface area (Å²) in [7, 11) is 0. The van der Waals surface area contributed by atoms with E-state index in [1.54, 1.807) is 24.2 Å². The normalized spacial score (nSPS) is 10.3. The number of anilines is 1. The summed E-state index contributed by atoms with van der Waals surface area (Å²) < 4.78 is 0. The van der Waals surface area contributed by atoms with E-state index in [2.05, 4.69) is 4.98 Å². The van der Waals surface area contributed by atoms with Gasteiger partial charge in [-0.15, -0.1) is 11.8 Å². The van der Waals surface area contributed by atoms with E-state index < -0.39 is 0 Å². The third kappa shape index (κ3) is 4.56. The van der Waals surface area contributed by atoms with Gasteiger partial charge < -0.3 is 10.6 Å². The summed E-state index contributed by atoms with van der Waals surface area (Å²) in [4.78, 5) is 18.6. The summed E-state index contributed by atoms with van der Waals surface area (Å²) in [6.45, 7) is 5.60. The molecule has 1 aromatic heterocycles. The standard InChI is InChI=1S/C13H21N3OS/c1-3-16(4-2)13(17)6-5-9-18-12-7-8-15-10-11(12)14/h7-8,10H,3-6,9,14H2,1-2H3. The van der Waals surface area contributed by atoms with Crippen LogP contribution in [-0.2, 0) is 4.79 Å². The Balaban J connectivity index is 2.27. The van der Waals surface area contributed by atoms with E-state index in [-0.39, 0.29) is 5.91 Å². The first-order valence-corrected chi connectivity index (χ1v) is 7.27. The van der Waals surface area contributed by atoms with E-state index >= 15 is 0 Å². The highest BCUT2D eigenvalue weighted by Gasteiger charge is 2.08. The second kappa shape index (κ2) is 7.97. The number of carbonyl (C=O) groups is 1. The molecule has 0 radical (unpaired) electrons. The lowest BCUT2D eigenvalue weighted by Crippen LogP contribution is -2.30. The van der Waals surface area contributed by atoms with Gasteiger partial charge in [0.2, 0.25) is 5.91 Å². The van der Waals surface area contributed by atoms with Gasteiger partial charge in [-0.2, -0.15) is 0 Å². The smallest absolute Gasteiger partial charge is 0.222 e. The van der Waals surface area contributed by atoms with Crippen LogP contribution in [0.4, 0.5) is 5.69 Å². The maximum Gasteiger partial charge on any atom is 0.222 e. The van der Waals surface area contributed by atoms with Crippen LogP contribution < -0.4 is 5.73 Å². The van der Waals surface area contributed by atoms with Crippen LogP contribution in [0.1, 0.15) is 26.7 Å². The Morgan fingerprint density at radius 1 is 1.44 bits per heavy atom. The van der Waals surface area contributed by atoms with Gasteiger partial charge in [0.05, 0.1) is 11.9 Å². The summed E-state index contributed by atoms with van der Waals surface area (Å²) >= 11 is 1.68. The van der Waals surface area contributed by atoms with Crippen LogP contribution in [0, 0.1) is 0 Å². The zero-order chi connectivity index (χ0) is 13.4. The highest BCUT2D eigenvalue weighted by molar-refractivity contribution is 7.99. The first-order valence-electron chi connectivity index (χ1n) is 6.29. The van der Waals surface area contributed by atoms with Crippen molar-refractivity contribution in [3.8, 4) is 0 Å². The lowest BCUT2D eigenvalue weighted by molar-refractivity contribution is -0.130. The Labute approximate surface area is 113 Å². The molecule has 0 saturated heterocycles. The molecule has 1 amide bonds. The van der Waals surface area contributed by atoms with E-state index in [4.69, 9.17) is 5.73 Å². The fourth-order valence-corrected chi connectivity index (χ4v) is 2.55. The molecular formula is C13H21N3OS. The number of pyridine rings is 1. The van der Waals surface area contributed by atoms with Gasteiger partial charge in [-0.25, -0.2) is 0 Å². The van der Waals surface area contributed by atoms with E-state index in [0.29, 0.717) is 12.1 Å². The van der Waals surface area contributed by atoms with Crippen molar-refractivity contribution in [1.29, 1.82) is 0 Å². The molecule has 0 aliphatic rings. The molecule has 100 valence electrons. The maximum atomic E-state index is 11.8. The molecule has 0 bridgehead atoms. The number of aromatic nitrogens is 1. The molecular weight excluding hydrogens is 246 g/mol. The average molecular weight is 267 g/mol. The number of nitrogens with zero attached hydrogens (tertiary/aromatic N) is 2. The quantitative estimate of drug-likeness (QED) is 0.609. The van der Waals surface area contributed by atoms with Crippen LogP contribution >= 0.6 is 11.8 Å². The molecule has 2 N–H and O–H groups in total. The number of hydrogen-bond acceptors (Lipinski definition) is 4. The summed E-state index contributed by atoms with van der Waals surface area (Å²) in [6, 6.07) is 1.91. The third-order valence-electron chi connectivity index (χ3n) is 2.72. The predicted molar refractivity (Wildman–Crippen MR) is 76.5 cm³/mol. The maximum absolute atomic E-state index is 11.8. The van der Waals surface area contributed by atoms with Crippen molar-refractivity contribution in [2.75, 3.05) is 24.6 Å². The number of rotatable bonds is 7. The Kier molecular flexibility index (Phi) is 6.57. The van der Waals surface area contributed by atoms with Crippen LogP contribution in [-0.4, -0.2) is 34.6 Å². The lowest BCUT2D eigenvalue weighted by Gasteiger charge is -2.18. The molecule has 0 aliphatic heterocycles. The number of amides is 1. The van der Waals surface area contributed by atoms with Crippen molar-refractivity contribution >= 4 is 23.4 Å². The number of carbonyl (C=O) groups excluding carboxylic acids is 1. The number of thioether (sulfide) groups is 1. The van der Waals surface area contributed by atoms with Gasteiger partial charge in [0.1, 0.15) is 0 Å². The van der Waals surface area contributed by atoms with Gasteiger partial charge in [0, 0.05) is 30.6 Å². The SMILES string of the molecule is CCN(CC)C(=O)CCCSc1ccncc1N. The number of hydrogen-bond donors (Lipinski definition) is 1. The zero-order valence-electron chi connectivity index (χ0n) is 11.1. The first-order chi connectivity index (χ1) is 8.69. The number of nitrogen functional groups attached to an aromatic ring is 1. The van der Waals surface area contributed by atoms with Gasteiger partial charge >= 0.3 is 0 Å². The summed E-state index contributed by atoms with van der Waals surface area (Å²) in [5.41, 5.74) is 6.50. The van der Waals surface area contributed by atoms with Crippen molar-refractivity contribution in [2.24, 2.45) is 0 Å². The minimum Gasteiger partial charge on any atom is -0.397 e. The molecule has 0 fully saturated rings. The zero-order valence-corrected chi connectivity index (χ0v) is 11.9. The van der Waals surface area contributed by atoms with E-state index in [9.17, 15) is 4.79 Å². The van der Waals surface area contributed by atoms with Crippen molar-refractivity contribution in [3.63, 3.8) is 0 Å². The van der Waals surface area contributed by atoms with Gasteiger partial charge in [-0.3, -0.25) is 9.78 Å². The monoisotopic (exact) mass is 267 g/mol. The molecule has 1 rings (SSSR count). The lowest BCUT2D eigenvalue weighted by atomic mass is 10.3. The van der Waals surface area contributed by atoms with Crippen molar-refractivity contribution in [2.45, 2.75) is 31.6 Å². The van der Waals surface area contributed by atoms with Crippen molar-refractivity contribution in [3.05, 3.63) is 18.5 Å². The van der Waals surface area contributed by atoms with Gasteiger partial charge in [0.25, 0.3) is 0 Å². The summed E-state index contributed by atoms with van der Waals surface area (Å²) in [5, 5.41) is 0. The Morgan fingerprint density at radius 3 is 2.78 bits per heavy atom. The summed E-state index contributed by atoms with van der Waals surface area (Å²) in [5.74, 6) is 1.14. The van der Waals surface area contributed by atoms with E-state index in [1.807, 2.05) is 24.8 Å². The molecule has 0 saturated carbocycles. The largest absolute Gasteiger partial charge is 0.397 e. The number of nitrogens with two attached hydrogens (primary N) is 1. The van der Waals surface area contributed by atoms with E-state index in [1.165, 1.54) is 0 Å². The molecule has 18 heavy (non-hydrogen) atoms. The molecule has 0 unspecified atom stereocenters. The van der Waals surface area contributed by atoms with Crippen LogP contribution in [0.25, 0.3) is 0 Å². The Hall–Kier alpha value is -1.23. The molecule has 1 aromatic rings. The fourth-order valence-electron chi connectivity index (χ4n) is 1.67.